The number of ether oxygens (including phenoxy) is 1. The summed E-state index contributed by atoms with van der Waals surface area (Å²) >= 11 is 3.39. The topological polar surface area (TPSA) is 26.3 Å². The molecule has 1 aliphatic carbocycles. The SMILES string of the molecule is COC1=CC(C(=O)CCCCCBr)CC=C1. The van der Waals surface area contributed by atoms with Crippen LogP contribution < -0.4 is 0 Å². The molecule has 0 amide bonds. The highest BCUT2D eigenvalue weighted by Crippen LogP contribution is 2.20. The predicted molar refractivity (Wildman–Crippen MR) is 69.6 cm³/mol. The molecule has 3 heteroatoms. The quantitative estimate of drug-likeness (QED) is 0.528. The molecule has 0 aromatic rings. The molecule has 16 heavy (non-hydrogen) atoms. The molecule has 1 unspecified atom stereocenters. The highest BCUT2D eigenvalue weighted by Gasteiger charge is 2.17. The Labute approximate surface area is 106 Å². The van der Waals surface area contributed by atoms with Crippen LogP contribution in [0.1, 0.15) is 32.1 Å². The summed E-state index contributed by atoms with van der Waals surface area (Å²) in [7, 11) is 1.64. The Kier molecular flexibility index (Phi) is 6.46. The van der Waals surface area contributed by atoms with E-state index in [2.05, 4.69) is 15.9 Å². The molecule has 1 aliphatic rings. The highest BCUT2D eigenvalue weighted by atomic mass is 79.9. The maximum Gasteiger partial charge on any atom is 0.140 e. The molecule has 0 fully saturated rings. The number of Topliss-reactive ketones (excluding diaryl/α,β-unsaturated/α-hetero) is 1. The fourth-order valence-electron chi connectivity index (χ4n) is 1.77. The van der Waals surface area contributed by atoms with E-state index in [1.54, 1.807) is 7.11 Å². The molecule has 1 rings (SSSR count). The summed E-state index contributed by atoms with van der Waals surface area (Å²) in [6.07, 6.45) is 10.7. The lowest BCUT2D eigenvalue weighted by molar-refractivity contribution is -0.121. The van der Waals surface area contributed by atoms with E-state index in [9.17, 15) is 4.79 Å². The number of carbonyl (C=O) groups excluding carboxylic acids is 1. The first-order chi connectivity index (χ1) is 7.77. The van der Waals surface area contributed by atoms with E-state index >= 15 is 0 Å². The normalized spacial score (nSPS) is 19.4. The van der Waals surface area contributed by atoms with Crippen molar-refractivity contribution in [3.8, 4) is 0 Å². The first-order valence-electron chi connectivity index (χ1n) is 5.79. The van der Waals surface area contributed by atoms with Crippen LogP contribution in [0.3, 0.4) is 0 Å². The third kappa shape index (κ3) is 4.52. The average molecular weight is 287 g/mol. The molecule has 0 saturated carbocycles. The number of alkyl halides is 1. The lowest BCUT2D eigenvalue weighted by atomic mass is 9.92. The van der Waals surface area contributed by atoms with Gasteiger partial charge in [0.05, 0.1) is 7.11 Å². The third-order valence-electron chi connectivity index (χ3n) is 2.74. The third-order valence-corrected chi connectivity index (χ3v) is 3.30. The Balaban J connectivity index is 2.31. The number of halogens is 1. The maximum absolute atomic E-state index is 11.9. The Morgan fingerprint density at radius 1 is 1.50 bits per heavy atom. The van der Waals surface area contributed by atoms with Crippen LogP contribution in [0.25, 0.3) is 0 Å². The zero-order chi connectivity index (χ0) is 11.8. The molecule has 0 radical (unpaired) electrons. The van der Waals surface area contributed by atoms with E-state index < -0.39 is 0 Å². The zero-order valence-corrected chi connectivity index (χ0v) is 11.3. The second kappa shape index (κ2) is 7.66. The minimum absolute atomic E-state index is 0.0314. The number of allylic oxidation sites excluding steroid dienone is 3. The monoisotopic (exact) mass is 286 g/mol. The first-order valence-corrected chi connectivity index (χ1v) is 6.91. The number of unbranched alkanes of at least 4 members (excludes halogenated alkanes) is 2. The van der Waals surface area contributed by atoms with Gasteiger partial charge in [-0.15, -0.1) is 0 Å². The minimum atomic E-state index is 0.0314. The number of methoxy groups -OCH3 is 1. The van der Waals surface area contributed by atoms with Crippen molar-refractivity contribution in [3.63, 3.8) is 0 Å². The molecule has 0 aromatic carbocycles. The maximum atomic E-state index is 11.9. The van der Waals surface area contributed by atoms with Crippen LogP contribution in [0.2, 0.25) is 0 Å². The molecule has 0 saturated heterocycles. The number of hydrogen-bond donors (Lipinski definition) is 0. The molecule has 1 atom stereocenters. The second-order valence-corrected chi connectivity index (χ2v) is 4.78. The number of rotatable bonds is 7. The van der Waals surface area contributed by atoms with Crippen LogP contribution in [-0.2, 0) is 9.53 Å². The van der Waals surface area contributed by atoms with Gasteiger partial charge in [0.1, 0.15) is 11.5 Å². The summed E-state index contributed by atoms with van der Waals surface area (Å²) in [6.45, 7) is 0. The summed E-state index contributed by atoms with van der Waals surface area (Å²) in [4.78, 5) is 11.9. The van der Waals surface area contributed by atoms with E-state index in [1.165, 1.54) is 0 Å². The molecule has 0 heterocycles. The van der Waals surface area contributed by atoms with Crippen molar-refractivity contribution in [2.24, 2.45) is 5.92 Å². The molecular weight excluding hydrogens is 268 g/mol. The van der Waals surface area contributed by atoms with Gasteiger partial charge in [0.15, 0.2) is 0 Å². The van der Waals surface area contributed by atoms with Crippen molar-refractivity contribution < 1.29 is 9.53 Å². The van der Waals surface area contributed by atoms with Crippen molar-refractivity contribution in [3.05, 3.63) is 24.0 Å². The van der Waals surface area contributed by atoms with Crippen LogP contribution >= 0.6 is 15.9 Å². The predicted octanol–water partition coefficient (Wildman–Crippen LogP) is 3.62. The summed E-state index contributed by atoms with van der Waals surface area (Å²) in [5.41, 5.74) is 0. The van der Waals surface area contributed by atoms with E-state index in [4.69, 9.17) is 4.74 Å². The molecule has 0 N–H and O–H groups in total. The summed E-state index contributed by atoms with van der Waals surface area (Å²) in [6, 6.07) is 0. The zero-order valence-electron chi connectivity index (χ0n) is 9.75. The van der Waals surface area contributed by atoms with Gasteiger partial charge in [-0.2, -0.15) is 0 Å². The van der Waals surface area contributed by atoms with E-state index in [0.717, 1.165) is 36.8 Å². The van der Waals surface area contributed by atoms with Crippen molar-refractivity contribution in [2.75, 3.05) is 12.4 Å². The van der Waals surface area contributed by atoms with Gasteiger partial charge in [0.25, 0.3) is 0 Å². The fraction of sp³-hybridized carbons (Fsp3) is 0.615. The summed E-state index contributed by atoms with van der Waals surface area (Å²) in [5.74, 6) is 1.18. The number of carbonyl (C=O) groups is 1. The van der Waals surface area contributed by atoms with Crippen LogP contribution in [0.4, 0.5) is 0 Å². The first kappa shape index (κ1) is 13.5. The van der Waals surface area contributed by atoms with Crippen LogP contribution in [0.5, 0.6) is 0 Å². The molecule has 0 aromatic heterocycles. The Morgan fingerprint density at radius 3 is 3.00 bits per heavy atom. The van der Waals surface area contributed by atoms with Crippen LogP contribution in [0, 0.1) is 5.92 Å². The van der Waals surface area contributed by atoms with Gasteiger partial charge in [-0.1, -0.05) is 28.4 Å². The number of hydrogen-bond acceptors (Lipinski definition) is 2. The standard InChI is InChI=1S/C13H19BrO2/c1-16-12-7-5-6-11(10-12)13(15)8-3-2-4-9-14/h5,7,10-11H,2-4,6,8-9H2,1H3. The Morgan fingerprint density at radius 2 is 2.31 bits per heavy atom. The number of ketones is 1. The van der Waals surface area contributed by atoms with E-state index in [0.29, 0.717) is 12.2 Å². The van der Waals surface area contributed by atoms with Gasteiger partial charge in [-0.05, 0) is 31.4 Å². The summed E-state index contributed by atoms with van der Waals surface area (Å²) in [5, 5.41) is 1.03. The van der Waals surface area contributed by atoms with Crippen molar-refractivity contribution in [1.29, 1.82) is 0 Å². The van der Waals surface area contributed by atoms with Crippen LogP contribution in [-0.4, -0.2) is 18.2 Å². The van der Waals surface area contributed by atoms with Crippen molar-refractivity contribution in [2.45, 2.75) is 32.1 Å². The molecule has 0 bridgehead atoms. The van der Waals surface area contributed by atoms with Crippen LogP contribution in [0.15, 0.2) is 24.0 Å². The second-order valence-electron chi connectivity index (χ2n) is 3.98. The van der Waals surface area contributed by atoms with E-state index in [-0.39, 0.29) is 5.92 Å². The molecule has 0 spiro atoms. The Hall–Kier alpha value is -0.570. The lowest BCUT2D eigenvalue weighted by Gasteiger charge is -2.14. The van der Waals surface area contributed by atoms with E-state index in [1.807, 2.05) is 18.2 Å². The molecular formula is C13H19BrO2. The van der Waals surface area contributed by atoms with Crippen molar-refractivity contribution >= 4 is 21.7 Å². The minimum Gasteiger partial charge on any atom is -0.497 e. The van der Waals surface area contributed by atoms with Gasteiger partial charge < -0.3 is 4.74 Å². The van der Waals surface area contributed by atoms with Gasteiger partial charge in [0, 0.05) is 17.7 Å². The van der Waals surface area contributed by atoms with Gasteiger partial charge >= 0.3 is 0 Å². The largest absolute Gasteiger partial charge is 0.497 e. The van der Waals surface area contributed by atoms with Crippen molar-refractivity contribution in [1.82, 2.24) is 0 Å². The van der Waals surface area contributed by atoms with Gasteiger partial charge in [-0.3, -0.25) is 4.79 Å². The van der Waals surface area contributed by atoms with Gasteiger partial charge in [0.2, 0.25) is 0 Å². The van der Waals surface area contributed by atoms with Gasteiger partial charge in [-0.25, -0.2) is 0 Å². The lowest BCUT2D eigenvalue weighted by Crippen LogP contribution is -2.14. The Bertz CT molecular complexity index is 282. The molecule has 0 aliphatic heterocycles. The fourth-order valence-corrected chi connectivity index (χ4v) is 2.17. The summed E-state index contributed by atoms with van der Waals surface area (Å²) < 4.78 is 5.13. The molecule has 90 valence electrons. The average Bonchev–Trinajstić information content (AvgIpc) is 2.34. The smallest absolute Gasteiger partial charge is 0.140 e. The highest BCUT2D eigenvalue weighted by molar-refractivity contribution is 9.09. The molecule has 2 nitrogen and oxygen atoms in total.